The Kier molecular flexibility index (Phi) is 6.71. The third kappa shape index (κ3) is 4.92. The predicted octanol–water partition coefficient (Wildman–Crippen LogP) is 5.33. The van der Waals surface area contributed by atoms with Crippen molar-refractivity contribution in [3.8, 4) is 0 Å². The Morgan fingerprint density at radius 1 is 0.844 bits per heavy atom. The number of nitro benzene ring substituents is 1. The fourth-order valence-corrected chi connectivity index (χ4v) is 4.30. The van der Waals surface area contributed by atoms with Crippen molar-refractivity contribution in [2.75, 3.05) is 36.4 Å². The molecule has 0 saturated carbocycles. The second-order valence-electron chi connectivity index (χ2n) is 8.47. The van der Waals surface area contributed by atoms with Gasteiger partial charge in [0.25, 0.3) is 5.69 Å². The minimum absolute atomic E-state index is 0.0893. The molecule has 166 valence electrons. The smallest absolute Gasteiger partial charge is 0.292 e. The van der Waals surface area contributed by atoms with Crippen LogP contribution in [0.2, 0.25) is 0 Å². The zero-order valence-electron chi connectivity index (χ0n) is 18.6. The second kappa shape index (κ2) is 9.83. The first-order valence-electron chi connectivity index (χ1n) is 11.2. The Bertz CT molecular complexity index is 993. The first kappa shape index (κ1) is 21.8. The molecule has 0 aromatic heterocycles. The fraction of sp³-hybridized carbons (Fsp3) is 0.308. The van der Waals surface area contributed by atoms with Crippen LogP contribution in [-0.2, 0) is 0 Å². The highest BCUT2D eigenvalue weighted by Crippen LogP contribution is 2.35. The molecule has 0 amide bonds. The maximum absolute atomic E-state index is 11.8. The Morgan fingerprint density at radius 2 is 1.41 bits per heavy atom. The zero-order chi connectivity index (χ0) is 22.5. The van der Waals surface area contributed by atoms with Crippen LogP contribution in [0.15, 0.2) is 78.9 Å². The van der Waals surface area contributed by atoms with Crippen molar-refractivity contribution in [1.82, 2.24) is 4.90 Å². The van der Waals surface area contributed by atoms with Crippen LogP contribution in [0.1, 0.15) is 31.0 Å². The highest BCUT2D eigenvalue weighted by molar-refractivity contribution is 5.70. The van der Waals surface area contributed by atoms with Crippen molar-refractivity contribution in [3.63, 3.8) is 0 Å². The maximum Gasteiger partial charge on any atom is 0.292 e. The van der Waals surface area contributed by atoms with Gasteiger partial charge in [-0.15, -0.1) is 0 Å². The molecule has 4 rings (SSSR count). The molecule has 3 aromatic carbocycles. The fourth-order valence-electron chi connectivity index (χ4n) is 4.30. The molecule has 0 bridgehead atoms. The molecule has 0 aliphatic carbocycles. The molecule has 1 heterocycles. The van der Waals surface area contributed by atoms with Gasteiger partial charge in [-0.2, -0.15) is 0 Å². The van der Waals surface area contributed by atoms with Crippen LogP contribution in [0.5, 0.6) is 0 Å². The number of hydrogen-bond donors (Lipinski definition) is 1. The summed E-state index contributed by atoms with van der Waals surface area (Å²) >= 11 is 0. The summed E-state index contributed by atoms with van der Waals surface area (Å²) < 4.78 is 0. The van der Waals surface area contributed by atoms with Gasteiger partial charge in [0.1, 0.15) is 5.69 Å². The van der Waals surface area contributed by atoms with Crippen molar-refractivity contribution in [2.24, 2.45) is 0 Å². The van der Waals surface area contributed by atoms with E-state index in [1.165, 1.54) is 0 Å². The van der Waals surface area contributed by atoms with E-state index in [0.29, 0.717) is 11.7 Å². The maximum atomic E-state index is 11.8. The topological polar surface area (TPSA) is 61.7 Å². The molecule has 32 heavy (non-hydrogen) atoms. The van der Waals surface area contributed by atoms with Gasteiger partial charge >= 0.3 is 0 Å². The van der Waals surface area contributed by atoms with Gasteiger partial charge in [0, 0.05) is 44.0 Å². The monoisotopic (exact) mass is 430 g/mol. The van der Waals surface area contributed by atoms with Gasteiger partial charge in [0.05, 0.1) is 11.0 Å². The summed E-state index contributed by atoms with van der Waals surface area (Å²) in [5.41, 5.74) is 3.76. The van der Waals surface area contributed by atoms with E-state index in [1.807, 2.05) is 72.8 Å². The van der Waals surface area contributed by atoms with Crippen LogP contribution in [0.3, 0.4) is 0 Å². The molecule has 1 fully saturated rings. The van der Waals surface area contributed by atoms with Crippen LogP contribution in [0.25, 0.3) is 0 Å². The van der Waals surface area contributed by atoms with Crippen LogP contribution >= 0.6 is 0 Å². The molecule has 0 unspecified atom stereocenters. The van der Waals surface area contributed by atoms with Crippen molar-refractivity contribution < 1.29 is 4.92 Å². The Morgan fingerprint density at radius 3 is 1.91 bits per heavy atom. The summed E-state index contributed by atoms with van der Waals surface area (Å²) in [4.78, 5) is 16.3. The first-order chi connectivity index (χ1) is 15.5. The van der Waals surface area contributed by atoms with Gasteiger partial charge in [0.2, 0.25) is 0 Å². The number of hydrogen-bond acceptors (Lipinski definition) is 5. The SMILES string of the molecule is CC(C)N1CCN(c2ccc([N+](=O)[O-])c(NC(c3ccccc3)c3ccccc3)c2)CC1. The molecule has 1 saturated heterocycles. The summed E-state index contributed by atoms with van der Waals surface area (Å²) in [6.07, 6.45) is 0. The van der Waals surface area contributed by atoms with Crippen molar-refractivity contribution in [2.45, 2.75) is 25.9 Å². The highest BCUT2D eigenvalue weighted by atomic mass is 16.6. The predicted molar refractivity (Wildman–Crippen MR) is 130 cm³/mol. The lowest BCUT2D eigenvalue weighted by molar-refractivity contribution is -0.384. The average molecular weight is 431 g/mol. The summed E-state index contributed by atoms with van der Waals surface area (Å²) in [5, 5.41) is 15.3. The molecule has 0 atom stereocenters. The van der Waals surface area contributed by atoms with Crippen molar-refractivity contribution >= 4 is 17.1 Å². The lowest BCUT2D eigenvalue weighted by atomic mass is 9.98. The zero-order valence-corrected chi connectivity index (χ0v) is 18.6. The first-order valence-corrected chi connectivity index (χ1v) is 11.2. The summed E-state index contributed by atoms with van der Waals surface area (Å²) in [6.45, 7) is 8.25. The lowest BCUT2D eigenvalue weighted by Gasteiger charge is -2.38. The van der Waals surface area contributed by atoms with Gasteiger partial charge < -0.3 is 10.2 Å². The normalized spacial score (nSPS) is 14.7. The molecule has 3 aromatic rings. The summed E-state index contributed by atoms with van der Waals surface area (Å²) in [6, 6.07) is 25.9. The minimum atomic E-state index is -0.310. The number of piperazine rings is 1. The van der Waals surface area contributed by atoms with Crippen LogP contribution in [0.4, 0.5) is 17.1 Å². The molecular formula is C26H30N4O2. The highest BCUT2D eigenvalue weighted by Gasteiger charge is 2.24. The third-order valence-electron chi connectivity index (χ3n) is 6.15. The molecule has 0 radical (unpaired) electrons. The van der Waals surface area contributed by atoms with Crippen LogP contribution in [-0.4, -0.2) is 42.0 Å². The van der Waals surface area contributed by atoms with Gasteiger partial charge in [0.15, 0.2) is 0 Å². The van der Waals surface area contributed by atoms with Gasteiger partial charge in [-0.05, 0) is 37.1 Å². The van der Waals surface area contributed by atoms with Gasteiger partial charge in [-0.25, -0.2) is 0 Å². The molecule has 1 N–H and O–H groups in total. The number of nitrogens with one attached hydrogen (secondary N) is 1. The van der Waals surface area contributed by atoms with E-state index in [9.17, 15) is 10.1 Å². The number of benzene rings is 3. The molecule has 1 aliphatic rings. The van der Waals surface area contributed by atoms with Gasteiger partial charge in [-0.3, -0.25) is 15.0 Å². The molecule has 1 aliphatic heterocycles. The number of rotatable bonds is 7. The average Bonchev–Trinajstić information content (AvgIpc) is 2.83. The molecule has 0 spiro atoms. The van der Waals surface area contributed by atoms with E-state index < -0.39 is 0 Å². The number of nitrogens with zero attached hydrogens (tertiary/aromatic N) is 3. The van der Waals surface area contributed by atoms with E-state index >= 15 is 0 Å². The van der Waals surface area contributed by atoms with Crippen molar-refractivity contribution in [3.05, 3.63) is 100 Å². The Labute approximate surface area is 189 Å². The number of anilines is 2. The Hall–Kier alpha value is -3.38. The minimum Gasteiger partial charge on any atom is -0.369 e. The van der Waals surface area contributed by atoms with E-state index in [1.54, 1.807) is 6.07 Å². The standard InChI is InChI=1S/C26H30N4O2/c1-20(2)28-15-17-29(18-16-28)23-13-14-25(30(31)32)24(19-23)27-26(21-9-5-3-6-10-21)22-11-7-4-8-12-22/h3-14,19-20,26-27H,15-18H2,1-2H3. The lowest BCUT2D eigenvalue weighted by Crippen LogP contribution is -2.48. The molecular weight excluding hydrogens is 400 g/mol. The second-order valence-corrected chi connectivity index (χ2v) is 8.47. The third-order valence-corrected chi connectivity index (χ3v) is 6.15. The van der Waals surface area contributed by atoms with E-state index in [2.05, 4.69) is 29.0 Å². The van der Waals surface area contributed by atoms with Gasteiger partial charge in [-0.1, -0.05) is 60.7 Å². The van der Waals surface area contributed by atoms with Crippen molar-refractivity contribution in [1.29, 1.82) is 0 Å². The number of nitro groups is 1. The molecule has 6 heteroatoms. The summed E-state index contributed by atoms with van der Waals surface area (Å²) in [5.74, 6) is 0. The largest absolute Gasteiger partial charge is 0.369 e. The Balaban J connectivity index is 1.66. The van der Waals surface area contributed by atoms with Crippen LogP contribution < -0.4 is 10.2 Å². The summed E-state index contributed by atoms with van der Waals surface area (Å²) in [7, 11) is 0. The van der Waals surface area contributed by atoms with E-state index in [4.69, 9.17) is 0 Å². The van der Waals surface area contributed by atoms with E-state index in [-0.39, 0.29) is 16.7 Å². The quantitative estimate of drug-likeness (QED) is 0.406. The molecule has 6 nitrogen and oxygen atoms in total. The van der Waals surface area contributed by atoms with E-state index in [0.717, 1.165) is 43.0 Å². The van der Waals surface area contributed by atoms with Crippen LogP contribution in [0, 0.1) is 10.1 Å².